The van der Waals surface area contributed by atoms with E-state index in [0.717, 1.165) is 17.1 Å². The van der Waals surface area contributed by atoms with Crippen molar-refractivity contribution in [2.75, 3.05) is 9.80 Å². The molecule has 14 rings (SSSR count). The van der Waals surface area contributed by atoms with Gasteiger partial charge in [0.25, 0.3) is 0 Å². The standard InChI is InChI=1S/C66H54BN3S/c1-64(2,3)42-34-35-56(49(36-42)41-22-11-8-12-23-41)69-57-40-54-53(65(4,5)51-31-18-19-32-52(51)66(54,6)7)39-55(57)67-61-50(37-45(38-58(61)69)68(43-24-13-9-14-25-43)44-26-15-10-16-27-44)46-29-21-30-48-60-47-28-17-20-33-59(47)71-63(60)70(67)62(46)48/h8-40H,1-7H3. The van der Waals surface area contributed by atoms with Gasteiger partial charge in [-0.15, -0.1) is 11.3 Å². The molecular formula is C66H54BN3S. The van der Waals surface area contributed by atoms with E-state index in [9.17, 15) is 0 Å². The minimum atomic E-state index is -0.260. The molecule has 11 aromatic rings. The molecule has 0 fully saturated rings. The lowest BCUT2D eigenvalue weighted by molar-refractivity contribution is 0.521. The number of thiophene rings is 1. The summed E-state index contributed by atoms with van der Waals surface area (Å²) < 4.78 is 4.09. The molecule has 0 unspecified atom stereocenters. The Morgan fingerprint density at radius 2 is 1.08 bits per heavy atom. The monoisotopic (exact) mass is 931 g/mol. The van der Waals surface area contributed by atoms with Crippen molar-refractivity contribution in [2.45, 2.75) is 64.7 Å². The normalized spacial score (nSPS) is 14.9. The number of hydrogen-bond acceptors (Lipinski definition) is 3. The zero-order valence-electron chi connectivity index (χ0n) is 41.4. The van der Waals surface area contributed by atoms with Gasteiger partial charge in [0.2, 0.25) is 0 Å². The summed E-state index contributed by atoms with van der Waals surface area (Å²) in [4.78, 5) is 6.46. The van der Waals surface area contributed by atoms with Crippen LogP contribution < -0.4 is 20.7 Å². The first-order valence-corrected chi connectivity index (χ1v) is 26.0. The molecule has 71 heavy (non-hydrogen) atoms. The Bertz CT molecular complexity index is 3950. The third kappa shape index (κ3) is 5.96. The molecule has 4 heterocycles. The molecule has 2 aromatic heterocycles. The summed E-state index contributed by atoms with van der Waals surface area (Å²) in [6.07, 6.45) is 0. The number of benzene rings is 9. The first-order chi connectivity index (χ1) is 34.4. The molecule has 2 aliphatic heterocycles. The van der Waals surface area contributed by atoms with E-state index in [4.69, 9.17) is 0 Å². The predicted molar refractivity (Wildman–Crippen MR) is 305 cm³/mol. The molecule has 0 bridgehead atoms. The summed E-state index contributed by atoms with van der Waals surface area (Å²) in [5.41, 5.74) is 22.3. The summed E-state index contributed by atoms with van der Waals surface area (Å²) in [6, 6.07) is 75.8. The van der Waals surface area contributed by atoms with E-state index in [-0.39, 0.29) is 23.1 Å². The SMILES string of the molecule is CC(C)(C)c1ccc(N2c3cc4c(cc3B3c5c(cc(N(c6ccccc6)c6ccccc6)cc52)-c2cccc5c6c7ccccc7sc6n3c25)C(C)(C)c2ccccc2C4(C)C)c(-c2ccccc2)c1. The summed E-state index contributed by atoms with van der Waals surface area (Å²) in [6.45, 7) is 16.7. The maximum atomic E-state index is 2.76. The van der Waals surface area contributed by atoms with Crippen LogP contribution in [0.1, 0.15) is 76.3 Å². The molecule has 3 nitrogen and oxygen atoms in total. The quantitative estimate of drug-likeness (QED) is 0.159. The minimum absolute atomic E-state index is 0.0564. The van der Waals surface area contributed by atoms with Crippen molar-refractivity contribution in [3.05, 3.63) is 228 Å². The molecule has 0 atom stereocenters. The molecule has 5 heteroatoms. The molecule has 342 valence electrons. The van der Waals surface area contributed by atoms with Crippen molar-refractivity contribution in [2.24, 2.45) is 0 Å². The highest BCUT2D eigenvalue weighted by atomic mass is 32.1. The Balaban J connectivity index is 1.18. The number of para-hydroxylation sites is 3. The van der Waals surface area contributed by atoms with Gasteiger partial charge in [-0.1, -0.05) is 188 Å². The molecular weight excluding hydrogens is 878 g/mol. The average Bonchev–Trinajstić information content (AvgIpc) is 3.93. The van der Waals surface area contributed by atoms with Crippen LogP contribution in [0, 0.1) is 0 Å². The number of rotatable bonds is 5. The van der Waals surface area contributed by atoms with E-state index in [1.165, 1.54) is 109 Å². The molecule has 0 saturated carbocycles. The Morgan fingerprint density at radius 3 is 1.76 bits per heavy atom. The largest absolute Gasteiger partial charge is 0.367 e. The fraction of sp³-hybridized carbons (Fsp3) is 0.152. The molecule has 9 aromatic carbocycles. The van der Waals surface area contributed by atoms with Gasteiger partial charge in [-0.3, -0.25) is 0 Å². The van der Waals surface area contributed by atoms with E-state index < -0.39 is 0 Å². The van der Waals surface area contributed by atoms with E-state index >= 15 is 0 Å². The van der Waals surface area contributed by atoms with Gasteiger partial charge in [-0.2, -0.15) is 0 Å². The highest BCUT2D eigenvalue weighted by molar-refractivity contribution is 7.26. The van der Waals surface area contributed by atoms with Gasteiger partial charge in [-0.05, 0) is 116 Å². The van der Waals surface area contributed by atoms with E-state index in [2.05, 4.69) is 263 Å². The van der Waals surface area contributed by atoms with Crippen LogP contribution in [0.5, 0.6) is 0 Å². The van der Waals surface area contributed by atoms with Crippen LogP contribution in [0.15, 0.2) is 200 Å². The van der Waals surface area contributed by atoms with Crippen LogP contribution in [-0.4, -0.2) is 11.3 Å². The minimum Gasteiger partial charge on any atom is -0.367 e. The first-order valence-electron chi connectivity index (χ1n) is 25.2. The van der Waals surface area contributed by atoms with Crippen LogP contribution in [0.25, 0.3) is 53.5 Å². The van der Waals surface area contributed by atoms with Crippen LogP contribution in [-0.2, 0) is 16.2 Å². The number of hydrogen-bond donors (Lipinski definition) is 0. The third-order valence-corrected chi connectivity index (χ3v) is 17.5. The summed E-state index contributed by atoms with van der Waals surface area (Å²) in [5, 5.41) is 4.00. The molecule has 3 aliphatic rings. The van der Waals surface area contributed by atoms with Crippen molar-refractivity contribution < 1.29 is 0 Å². The predicted octanol–water partition coefficient (Wildman–Crippen LogP) is 16.8. The molecule has 0 amide bonds. The Hall–Kier alpha value is -7.60. The van der Waals surface area contributed by atoms with Gasteiger partial charge in [0.15, 0.2) is 0 Å². The molecule has 0 radical (unpaired) electrons. The fourth-order valence-electron chi connectivity index (χ4n) is 12.9. The van der Waals surface area contributed by atoms with E-state index in [1.807, 2.05) is 11.3 Å². The van der Waals surface area contributed by atoms with Crippen LogP contribution in [0.4, 0.5) is 34.1 Å². The summed E-state index contributed by atoms with van der Waals surface area (Å²) in [7, 11) is 0. The number of nitrogens with zero attached hydrogens (tertiary/aromatic N) is 3. The zero-order valence-corrected chi connectivity index (χ0v) is 42.2. The molecule has 0 spiro atoms. The van der Waals surface area contributed by atoms with Crippen molar-refractivity contribution in [3.8, 4) is 22.3 Å². The lowest BCUT2D eigenvalue weighted by Gasteiger charge is -2.47. The number of aromatic nitrogens is 1. The Kier molecular flexibility index (Phi) is 8.91. The van der Waals surface area contributed by atoms with Gasteiger partial charge in [-0.25, -0.2) is 0 Å². The van der Waals surface area contributed by atoms with Gasteiger partial charge in [0.1, 0.15) is 0 Å². The van der Waals surface area contributed by atoms with E-state index in [1.54, 1.807) is 0 Å². The lowest BCUT2D eigenvalue weighted by Crippen LogP contribution is -2.57. The van der Waals surface area contributed by atoms with Gasteiger partial charge in [0, 0.05) is 76.8 Å². The summed E-state index contributed by atoms with van der Waals surface area (Å²) >= 11 is 1.94. The van der Waals surface area contributed by atoms with Crippen molar-refractivity contribution in [3.63, 3.8) is 0 Å². The maximum absolute atomic E-state index is 2.76. The Labute approximate surface area is 421 Å². The molecule has 1 aliphatic carbocycles. The van der Waals surface area contributed by atoms with Gasteiger partial charge in [0.05, 0.1) is 10.5 Å². The third-order valence-electron chi connectivity index (χ3n) is 16.3. The van der Waals surface area contributed by atoms with E-state index in [0.29, 0.717) is 0 Å². The van der Waals surface area contributed by atoms with Crippen LogP contribution in [0.2, 0.25) is 0 Å². The van der Waals surface area contributed by atoms with Gasteiger partial charge >= 0.3 is 6.85 Å². The number of fused-ring (bicyclic) bond motifs is 11. The lowest BCUT2D eigenvalue weighted by atomic mass is 9.44. The Morgan fingerprint density at radius 1 is 0.479 bits per heavy atom. The second-order valence-electron chi connectivity index (χ2n) is 22.1. The first kappa shape index (κ1) is 42.3. The summed E-state index contributed by atoms with van der Waals surface area (Å²) in [5.74, 6) is 0. The van der Waals surface area contributed by atoms with Crippen molar-refractivity contribution >= 4 is 94.4 Å². The van der Waals surface area contributed by atoms with Crippen LogP contribution in [0.3, 0.4) is 0 Å². The smallest absolute Gasteiger partial charge is 0.333 e. The maximum Gasteiger partial charge on any atom is 0.333 e. The van der Waals surface area contributed by atoms with Crippen LogP contribution >= 0.6 is 11.3 Å². The van der Waals surface area contributed by atoms with Gasteiger partial charge < -0.3 is 14.3 Å². The average molecular weight is 932 g/mol. The van der Waals surface area contributed by atoms with Crippen molar-refractivity contribution in [1.82, 2.24) is 4.48 Å². The van der Waals surface area contributed by atoms with Crippen molar-refractivity contribution in [1.29, 1.82) is 0 Å². The zero-order chi connectivity index (χ0) is 48.1. The highest BCUT2D eigenvalue weighted by Gasteiger charge is 2.48. The topological polar surface area (TPSA) is 11.4 Å². The second kappa shape index (κ2) is 15.0. The number of anilines is 6. The molecule has 0 N–H and O–H groups in total. The highest BCUT2D eigenvalue weighted by Crippen LogP contribution is 2.55. The second-order valence-corrected chi connectivity index (χ2v) is 23.2. The fourth-order valence-corrected chi connectivity index (χ4v) is 14.1. The molecule has 0 saturated heterocycles.